The van der Waals surface area contributed by atoms with E-state index in [1.807, 2.05) is 0 Å². The molecule has 3 rings (SSSR count). The summed E-state index contributed by atoms with van der Waals surface area (Å²) >= 11 is 0. The molecular weight excluding hydrogens is 302 g/mol. The lowest BCUT2D eigenvalue weighted by Crippen LogP contribution is -2.38. The van der Waals surface area contributed by atoms with Crippen molar-refractivity contribution in [2.75, 3.05) is 13.1 Å². The zero-order valence-corrected chi connectivity index (χ0v) is 12.7. The van der Waals surface area contributed by atoms with Crippen LogP contribution in [0.15, 0.2) is 36.0 Å². The second-order valence-corrected chi connectivity index (χ2v) is 5.90. The topological polar surface area (TPSA) is 41.9 Å². The van der Waals surface area contributed by atoms with Crippen LogP contribution in [0.2, 0.25) is 0 Å². The van der Waals surface area contributed by atoms with Gasteiger partial charge < -0.3 is 9.74 Å². The molecule has 1 fully saturated rings. The average molecular weight is 320 g/mol. The Morgan fingerprint density at radius 1 is 1.43 bits per heavy atom. The summed E-state index contributed by atoms with van der Waals surface area (Å²) in [4.78, 5) is 19.2. The fourth-order valence-electron chi connectivity index (χ4n) is 2.65. The SMILES string of the molecule is C=CCN(C[C@@H]1CC(c2ccc(F)cc2F)=NO1)C(=O)C1CC1. The van der Waals surface area contributed by atoms with Crippen LogP contribution in [0.1, 0.15) is 24.8 Å². The lowest BCUT2D eigenvalue weighted by Gasteiger charge is -2.23. The molecule has 0 saturated heterocycles. The van der Waals surface area contributed by atoms with E-state index in [2.05, 4.69) is 11.7 Å². The maximum Gasteiger partial charge on any atom is 0.226 e. The first-order chi connectivity index (χ1) is 11.1. The van der Waals surface area contributed by atoms with Crippen LogP contribution >= 0.6 is 0 Å². The number of hydrogen-bond donors (Lipinski definition) is 0. The van der Waals surface area contributed by atoms with Gasteiger partial charge in [-0.25, -0.2) is 8.78 Å². The second-order valence-electron chi connectivity index (χ2n) is 5.90. The van der Waals surface area contributed by atoms with Crippen molar-refractivity contribution in [1.29, 1.82) is 0 Å². The highest BCUT2D eigenvalue weighted by molar-refractivity contribution is 6.01. The van der Waals surface area contributed by atoms with Crippen molar-refractivity contribution < 1.29 is 18.4 Å². The Hall–Kier alpha value is -2.24. The third-order valence-corrected chi connectivity index (χ3v) is 3.99. The highest BCUT2D eigenvalue weighted by Gasteiger charge is 2.35. The first kappa shape index (κ1) is 15.6. The smallest absolute Gasteiger partial charge is 0.226 e. The molecule has 0 radical (unpaired) electrons. The number of carbonyl (C=O) groups excluding carboxylic acids is 1. The summed E-state index contributed by atoms with van der Waals surface area (Å²) in [5, 5.41) is 3.90. The summed E-state index contributed by atoms with van der Waals surface area (Å²) in [5.74, 6) is -1.07. The minimum absolute atomic E-state index is 0.106. The molecule has 0 unspecified atom stereocenters. The van der Waals surface area contributed by atoms with Crippen LogP contribution in [-0.2, 0) is 9.63 Å². The molecule has 1 atom stereocenters. The predicted octanol–water partition coefficient (Wildman–Crippen LogP) is 2.88. The first-order valence-electron chi connectivity index (χ1n) is 7.66. The Morgan fingerprint density at radius 2 is 2.22 bits per heavy atom. The number of nitrogens with zero attached hydrogens (tertiary/aromatic N) is 2. The van der Waals surface area contributed by atoms with E-state index >= 15 is 0 Å². The second kappa shape index (κ2) is 6.48. The van der Waals surface area contributed by atoms with Gasteiger partial charge in [-0.3, -0.25) is 4.79 Å². The van der Waals surface area contributed by atoms with E-state index < -0.39 is 11.6 Å². The largest absolute Gasteiger partial charge is 0.390 e. The van der Waals surface area contributed by atoms with Crippen LogP contribution in [0.25, 0.3) is 0 Å². The molecule has 1 saturated carbocycles. The maximum atomic E-state index is 13.8. The third kappa shape index (κ3) is 3.57. The van der Waals surface area contributed by atoms with Gasteiger partial charge in [0.05, 0.1) is 12.3 Å². The van der Waals surface area contributed by atoms with Gasteiger partial charge in [0, 0.05) is 30.5 Å². The fourth-order valence-corrected chi connectivity index (χ4v) is 2.65. The van der Waals surface area contributed by atoms with Crippen molar-refractivity contribution in [1.82, 2.24) is 4.90 Å². The summed E-state index contributed by atoms with van der Waals surface area (Å²) in [6.07, 6.45) is 3.60. The molecule has 23 heavy (non-hydrogen) atoms. The van der Waals surface area contributed by atoms with Crippen LogP contribution in [0, 0.1) is 17.6 Å². The number of carbonyl (C=O) groups is 1. The number of halogens is 2. The van der Waals surface area contributed by atoms with Crippen molar-refractivity contribution in [3.8, 4) is 0 Å². The summed E-state index contributed by atoms with van der Waals surface area (Å²) < 4.78 is 26.8. The summed E-state index contributed by atoms with van der Waals surface area (Å²) in [6, 6.07) is 3.37. The standard InChI is InChI=1S/C17H18F2N2O2/c1-2-7-21(17(22)11-3-4-11)10-13-9-16(20-23-13)14-6-5-12(18)8-15(14)19/h2,5-6,8,11,13H,1,3-4,7,9-10H2/t13-/m0/s1. The van der Waals surface area contributed by atoms with E-state index in [9.17, 15) is 13.6 Å². The Morgan fingerprint density at radius 3 is 2.87 bits per heavy atom. The molecule has 1 aliphatic heterocycles. The molecular formula is C17H18F2N2O2. The Bertz CT molecular complexity index is 656. The van der Waals surface area contributed by atoms with Gasteiger partial charge in [0.25, 0.3) is 0 Å². The van der Waals surface area contributed by atoms with E-state index in [1.165, 1.54) is 12.1 Å². The predicted molar refractivity (Wildman–Crippen MR) is 81.9 cm³/mol. The number of amides is 1. The number of hydrogen-bond acceptors (Lipinski definition) is 3. The summed E-state index contributed by atoms with van der Waals surface area (Å²) in [7, 11) is 0. The molecule has 2 aliphatic rings. The van der Waals surface area contributed by atoms with Crippen molar-refractivity contribution in [3.05, 3.63) is 48.1 Å². The Balaban J connectivity index is 1.63. The van der Waals surface area contributed by atoms with Crippen LogP contribution in [0.3, 0.4) is 0 Å². The van der Waals surface area contributed by atoms with E-state index in [1.54, 1.807) is 11.0 Å². The molecule has 122 valence electrons. The first-order valence-corrected chi connectivity index (χ1v) is 7.66. The molecule has 0 N–H and O–H groups in total. The van der Waals surface area contributed by atoms with Crippen LogP contribution in [0.4, 0.5) is 8.78 Å². The van der Waals surface area contributed by atoms with Gasteiger partial charge in [-0.1, -0.05) is 11.2 Å². The number of benzene rings is 1. The molecule has 0 spiro atoms. The minimum atomic E-state index is -0.662. The lowest BCUT2D eigenvalue weighted by atomic mass is 10.0. The average Bonchev–Trinajstić information content (AvgIpc) is 3.26. The zero-order valence-electron chi connectivity index (χ0n) is 12.7. The van der Waals surface area contributed by atoms with Gasteiger partial charge in [0.1, 0.15) is 11.6 Å². The van der Waals surface area contributed by atoms with Gasteiger partial charge in [-0.2, -0.15) is 0 Å². The van der Waals surface area contributed by atoms with Gasteiger partial charge in [-0.05, 0) is 25.0 Å². The number of rotatable bonds is 6. The molecule has 1 aromatic rings. The monoisotopic (exact) mass is 320 g/mol. The Labute approximate surface area is 133 Å². The molecule has 4 nitrogen and oxygen atoms in total. The van der Waals surface area contributed by atoms with Crippen molar-refractivity contribution in [2.45, 2.75) is 25.4 Å². The van der Waals surface area contributed by atoms with Crippen molar-refractivity contribution in [2.24, 2.45) is 11.1 Å². The maximum absolute atomic E-state index is 13.8. The van der Waals surface area contributed by atoms with Crippen molar-refractivity contribution in [3.63, 3.8) is 0 Å². The fraction of sp³-hybridized carbons (Fsp3) is 0.412. The highest BCUT2D eigenvalue weighted by atomic mass is 19.1. The number of oxime groups is 1. The van der Waals surface area contributed by atoms with E-state index in [-0.39, 0.29) is 23.5 Å². The summed E-state index contributed by atoms with van der Waals surface area (Å²) in [6.45, 7) is 4.51. The van der Waals surface area contributed by atoms with Gasteiger partial charge >= 0.3 is 0 Å². The summed E-state index contributed by atoms with van der Waals surface area (Å²) in [5.41, 5.74) is 0.669. The lowest BCUT2D eigenvalue weighted by molar-refractivity contribution is -0.133. The minimum Gasteiger partial charge on any atom is -0.390 e. The molecule has 1 aliphatic carbocycles. The van der Waals surface area contributed by atoms with Crippen LogP contribution in [-0.4, -0.2) is 35.7 Å². The molecule has 1 aromatic carbocycles. The van der Waals surface area contributed by atoms with E-state index in [0.29, 0.717) is 25.2 Å². The Kier molecular flexibility index (Phi) is 4.41. The van der Waals surface area contributed by atoms with Crippen LogP contribution < -0.4 is 0 Å². The van der Waals surface area contributed by atoms with Crippen molar-refractivity contribution >= 4 is 11.6 Å². The highest BCUT2D eigenvalue weighted by Crippen LogP contribution is 2.31. The zero-order chi connectivity index (χ0) is 16.4. The van der Waals surface area contributed by atoms with Gasteiger partial charge in [0.2, 0.25) is 5.91 Å². The normalized spacial score (nSPS) is 19.9. The molecule has 1 heterocycles. The van der Waals surface area contributed by atoms with Gasteiger partial charge in [0.15, 0.2) is 6.10 Å². The molecule has 0 aromatic heterocycles. The molecule has 6 heteroatoms. The van der Waals surface area contributed by atoms with Gasteiger partial charge in [-0.15, -0.1) is 6.58 Å². The molecule has 0 bridgehead atoms. The van der Waals surface area contributed by atoms with E-state index in [4.69, 9.17) is 4.84 Å². The third-order valence-electron chi connectivity index (χ3n) is 3.99. The van der Waals surface area contributed by atoms with E-state index in [0.717, 1.165) is 18.9 Å². The van der Waals surface area contributed by atoms with Crippen LogP contribution in [0.5, 0.6) is 0 Å². The quantitative estimate of drug-likeness (QED) is 0.756. The molecule has 1 amide bonds.